The van der Waals surface area contributed by atoms with Crippen molar-refractivity contribution in [3.8, 4) is 5.75 Å². The maximum absolute atomic E-state index is 12.6. The van der Waals surface area contributed by atoms with Gasteiger partial charge in [-0.05, 0) is 30.7 Å². The minimum atomic E-state index is -0.792. The molecule has 0 fully saturated rings. The van der Waals surface area contributed by atoms with Crippen molar-refractivity contribution >= 4 is 17.7 Å². The van der Waals surface area contributed by atoms with Crippen LogP contribution in [0, 0.1) is 5.82 Å². The first-order valence-electron chi connectivity index (χ1n) is 5.36. The largest absolute Gasteiger partial charge is 0.493 e. The Labute approximate surface area is 104 Å². The van der Waals surface area contributed by atoms with E-state index < -0.39 is 5.97 Å². The fourth-order valence-electron chi connectivity index (χ4n) is 1.24. The Hall–Kier alpha value is -1.23. The summed E-state index contributed by atoms with van der Waals surface area (Å²) in [5.41, 5.74) is 0. The van der Waals surface area contributed by atoms with Gasteiger partial charge in [-0.1, -0.05) is 6.92 Å². The monoisotopic (exact) mass is 258 g/mol. The van der Waals surface area contributed by atoms with Crippen molar-refractivity contribution in [2.45, 2.75) is 18.6 Å². The van der Waals surface area contributed by atoms with E-state index in [1.54, 1.807) is 12.1 Å². The molecular weight excluding hydrogens is 243 g/mol. The smallest absolute Gasteiger partial charge is 0.316 e. The number of thioether (sulfide) groups is 1. The predicted molar refractivity (Wildman–Crippen MR) is 66.1 cm³/mol. The summed E-state index contributed by atoms with van der Waals surface area (Å²) in [6, 6.07) is 5.76. The molecule has 0 aromatic heterocycles. The van der Waals surface area contributed by atoms with Crippen molar-refractivity contribution < 1.29 is 19.0 Å². The second-order valence-electron chi connectivity index (χ2n) is 3.41. The van der Waals surface area contributed by atoms with Gasteiger partial charge < -0.3 is 9.84 Å². The molecule has 17 heavy (non-hydrogen) atoms. The summed E-state index contributed by atoms with van der Waals surface area (Å²) in [4.78, 5) is 10.7. The van der Waals surface area contributed by atoms with Gasteiger partial charge in [0.1, 0.15) is 16.8 Å². The van der Waals surface area contributed by atoms with Crippen LogP contribution in [0.1, 0.15) is 13.3 Å². The van der Waals surface area contributed by atoms with Crippen molar-refractivity contribution in [2.24, 2.45) is 0 Å². The third-order valence-corrected chi connectivity index (χ3v) is 3.47. The van der Waals surface area contributed by atoms with Gasteiger partial charge in [0.2, 0.25) is 0 Å². The van der Waals surface area contributed by atoms with E-state index in [9.17, 15) is 9.18 Å². The summed E-state index contributed by atoms with van der Waals surface area (Å²) < 4.78 is 17.9. The maximum Gasteiger partial charge on any atom is 0.316 e. The van der Waals surface area contributed by atoms with E-state index in [1.165, 1.54) is 23.9 Å². The zero-order valence-corrected chi connectivity index (χ0v) is 10.4. The van der Waals surface area contributed by atoms with Gasteiger partial charge in [-0.3, -0.25) is 4.79 Å². The molecule has 0 amide bonds. The normalized spacial score (nSPS) is 12.1. The molecule has 0 aliphatic heterocycles. The van der Waals surface area contributed by atoms with E-state index in [-0.39, 0.29) is 11.1 Å². The maximum atomic E-state index is 12.6. The molecule has 3 nitrogen and oxygen atoms in total. The van der Waals surface area contributed by atoms with Gasteiger partial charge in [-0.2, -0.15) is 0 Å². The summed E-state index contributed by atoms with van der Waals surface area (Å²) in [6.45, 7) is 2.26. The first kappa shape index (κ1) is 13.8. The average molecular weight is 258 g/mol. The van der Waals surface area contributed by atoms with Crippen molar-refractivity contribution in [2.75, 3.05) is 12.4 Å². The second kappa shape index (κ2) is 7.17. The van der Waals surface area contributed by atoms with E-state index >= 15 is 0 Å². The van der Waals surface area contributed by atoms with Crippen molar-refractivity contribution in [3.63, 3.8) is 0 Å². The van der Waals surface area contributed by atoms with Crippen LogP contribution < -0.4 is 4.74 Å². The summed E-state index contributed by atoms with van der Waals surface area (Å²) in [5.74, 6) is 0.0978. The third kappa shape index (κ3) is 5.08. The molecule has 1 aromatic carbocycles. The molecule has 5 heteroatoms. The van der Waals surface area contributed by atoms with Gasteiger partial charge in [0.05, 0.1) is 6.61 Å². The Bertz CT molecular complexity index is 353. The lowest BCUT2D eigenvalue weighted by Gasteiger charge is -2.10. The molecule has 1 atom stereocenters. The molecule has 1 N–H and O–H groups in total. The third-order valence-electron chi connectivity index (χ3n) is 2.13. The van der Waals surface area contributed by atoms with Crippen LogP contribution in [0.3, 0.4) is 0 Å². The van der Waals surface area contributed by atoms with E-state index in [0.29, 0.717) is 24.5 Å². The van der Waals surface area contributed by atoms with E-state index in [1.807, 2.05) is 6.92 Å². The molecule has 94 valence electrons. The van der Waals surface area contributed by atoms with Gasteiger partial charge >= 0.3 is 5.97 Å². The van der Waals surface area contributed by atoms with Crippen molar-refractivity contribution in [3.05, 3.63) is 30.1 Å². The molecule has 0 saturated carbocycles. The van der Waals surface area contributed by atoms with Crippen LogP contribution in [0.5, 0.6) is 5.75 Å². The highest BCUT2D eigenvalue weighted by Gasteiger charge is 2.14. The zero-order chi connectivity index (χ0) is 12.7. The summed E-state index contributed by atoms with van der Waals surface area (Å²) >= 11 is 1.35. The Morgan fingerprint density at radius 2 is 2.12 bits per heavy atom. The van der Waals surface area contributed by atoms with Crippen LogP contribution in [0.15, 0.2) is 24.3 Å². The Morgan fingerprint density at radius 3 is 2.65 bits per heavy atom. The molecule has 0 bridgehead atoms. The van der Waals surface area contributed by atoms with Gasteiger partial charge in [0, 0.05) is 5.75 Å². The highest BCUT2D eigenvalue weighted by atomic mass is 32.2. The Morgan fingerprint density at radius 1 is 1.47 bits per heavy atom. The van der Waals surface area contributed by atoms with Crippen LogP contribution >= 0.6 is 11.8 Å². The van der Waals surface area contributed by atoms with E-state index in [0.717, 1.165) is 0 Å². The first-order valence-corrected chi connectivity index (χ1v) is 6.41. The standard InChI is InChI=1S/C12H15FO3S/c1-2-11(12(14)15)17-8-7-16-10-5-3-9(13)4-6-10/h3-6,11H,2,7-8H2,1H3,(H,14,15). The van der Waals surface area contributed by atoms with Gasteiger partial charge in [-0.15, -0.1) is 11.8 Å². The highest BCUT2D eigenvalue weighted by Crippen LogP contribution is 2.16. The van der Waals surface area contributed by atoms with Gasteiger partial charge in [0.25, 0.3) is 0 Å². The molecular formula is C12H15FO3S. The fourth-order valence-corrected chi connectivity index (χ4v) is 2.09. The number of benzene rings is 1. The van der Waals surface area contributed by atoms with Crippen molar-refractivity contribution in [1.29, 1.82) is 0 Å². The lowest BCUT2D eigenvalue weighted by atomic mass is 10.3. The molecule has 1 aromatic rings. The first-order chi connectivity index (χ1) is 8.13. The number of hydrogen-bond acceptors (Lipinski definition) is 3. The topological polar surface area (TPSA) is 46.5 Å². The fraction of sp³-hybridized carbons (Fsp3) is 0.417. The van der Waals surface area contributed by atoms with E-state index in [4.69, 9.17) is 9.84 Å². The number of carboxylic acid groups (broad SMARTS) is 1. The summed E-state index contributed by atoms with van der Waals surface area (Å²) in [6.07, 6.45) is 0.594. The minimum Gasteiger partial charge on any atom is -0.493 e. The van der Waals surface area contributed by atoms with Crippen LogP contribution in [0.2, 0.25) is 0 Å². The number of rotatable bonds is 7. The molecule has 0 heterocycles. The number of carbonyl (C=O) groups is 1. The zero-order valence-electron chi connectivity index (χ0n) is 9.56. The molecule has 0 aliphatic carbocycles. The number of halogens is 1. The molecule has 0 aliphatic rings. The number of hydrogen-bond donors (Lipinski definition) is 1. The van der Waals surface area contributed by atoms with Crippen LogP contribution in [0.4, 0.5) is 4.39 Å². The van der Waals surface area contributed by atoms with Gasteiger partial charge in [0.15, 0.2) is 0 Å². The SMILES string of the molecule is CCC(SCCOc1ccc(F)cc1)C(=O)O. The quantitative estimate of drug-likeness (QED) is 0.764. The lowest BCUT2D eigenvalue weighted by molar-refractivity contribution is -0.136. The number of aliphatic carboxylic acids is 1. The number of ether oxygens (including phenoxy) is 1. The Balaban J connectivity index is 2.24. The molecule has 0 radical (unpaired) electrons. The highest BCUT2D eigenvalue weighted by molar-refractivity contribution is 8.00. The number of carboxylic acids is 1. The summed E-state index contributed by atoms with van der Waals surface area (Å²) in [7, 11) is 0. The van der Waals surface area contributed by atoms with Crippen LogP contribution in [0.25, 0.3) is 0 Å². The average Bonchev–Trinajstić information content (AvgIpc) is 2.31. The summed E-state index contributed by atoms with van der Waals surface area (Å²) in [5, 5.41) is 8.43. The van der Waals surface area contributed by atoms with E-state index in [2.05, 4.69) is 0 Å². The Kier molecular flexibility index (Phi) is 5.83. The van der Waals surface area contributed by atoms with Crippen molar-refractivity contribution in [1.82, 2.24) is 0 Å². The van der Waals surface area contributed by atoms with Gasteiger partial charge in [-0.25, -0.2) is 4.39 Å². The predicted octanol–water partition coefficient (Wildman–Crippen LogP) is 2.80. The van der Waals surface area contributed by atoms with Crippen LogP contribution in [-0.2, 0) is 4.79 Å². The second-order valence-corrected chi connectivity index (χ2v) is 4.72. The molecule has 0 saturated heterocycles. The minimum absolute atomic E-state index is 0.302. The van der Waals surface area contributed by atoms with Crippen LogP contribution in [-0.4, -0.2) is 28.7 Å². The molecule has 0 spiro atoms. The molecule has 1 unspecified atom stereocenters. The molecule has 1 rings (SSSR count). The lowest BCUT2D eigenvalue weighted by Crippen LogP contribution is -2.16.